The molecule has 0 nitrogen and oxygen atoms in total. The summed E-state index contributed by atoms with van der Waals surface area (Å²) in [6, 6.07) is 0. The number of hydrogen-bond acceptors (Lipinski definition) is 0. The van der Waals surface area contributed by atoms with Crippen molar-refractivity contribution in [1.29, 1.82) is 0 Å². The van der Waals surface area contributed by atoms with Crippen molar-refractivity contribution in [3.8, 4) is 0 Å². The summed E-state index contributed by atoms with van der Waals surface area (Å²) in [4.78, 5) is 0. The highest BCUT2D eigenvalue weighted by Gasteiger charge is 2.31. The standard InChI is InChI=1S/C10H10ClF3/c11-7-6-8-2-1-3-9(5-4-8)10(12,13)14/h2-5H,1,6-7H2. The highest BCUT2D eigenvalue weighted by molar-refractivity contribution is 6.18. The van der Waals surface area contributed by atoms with Gasteiger partial charge in [0.15, 0.2) is 0 Å². The Morgan fingerprint density at radius 2 is 1.93 bits per heavy atom. The minimum Gasteiger partial charge on any atom is -0.166 e. The van der Waals surface area contributed by atoms with E-state index >= 15 is 0 Å². The summed E-state index contributed by atoms with van der Waals surface area (Å²) < 4.78 is 36.8. The van der Waals surface area contributed by atoms with E-state index in [0.717, 1.165) is 11.6 Å². The zero-order valence-electron chi connectivity index (χ0n) is 7.44. The fourth-order valence-corrected chi connectivity index (χ4v) is 1.39. The molecule has 0 aromatic rings. The molecule has 0 radical (unpaired) electrons. The first-order valence-corrected chi connectivity index (χ1v) is 4.78. The van der Waals surface area contributed by atoms with Crippen molar-refractivity contribution in [3.05, 3.63) is 35.5 Å². The third-order valence-electron chi connectivity index (χ3n) is 1.91. The first kappa shape index (κ1) is 11.4. The fraction of sp³-hybridized carbons (Fsp3) is 0.400. The Morgan fingerprint density at radius 1 is 1.21 bits per heavy atom. The van der Waals surface area contributed by atoms with Gasteiger partial charge in [-0.1, -0.05) is 29.9 Å². The summed E-state index contributed by atoms with van der Waals surface area (Å²) in [7, 11) is 0. The molecule has 0 bridgehead atoms. The zero-order valence-corrected chi connectivity index (χ0v) is 8.20. The minimum atomic E-state index is -4.25. The van der Waals surface area contributed by atoms with Crippen LogP contribution in [0.1, 0.15) is 12.8 Å². The van der Waals surface area contributed by atoms with E-state index in [2.05, 4.69) is 0 Å². The Labute approximate surface area is 85.7 Å². The van der Waals surface area contributed by atoms with Gasteiger partial charge in [0.05, 0.1) is 5.57 Å². The highest BCUT2D eigenvalue weighted by Crippen LogP contribution is 2.29. The van der Waals surface area contributed by atoms with Gasteiger partial charge in [0.25, 0.3) is 0 Å². The molecule has 0 saturated carbocycles. The second-order valence-electron chi connectivity index (χ2n) is 2.94. The maximum absolute atomic E-state index is 12.3. The summed E-state index contributed by atoms with van der Waals surface area (Å²) in [5.41, 5.74) is 0.272. The van der Waals surface area contributed by atoms with E-state index in [4.69, 9.17) is 11.6 Å². The number of rotatable bonds is 2. The first-order chi connectivity index (χ1) is 6.54. The Bertz CT molecular complexity index is 284. The van der Waals surface area contributed by atoms with Gasteiger partial charge in [0.1, 0.15) is 0 Å². The van der Waals surface area contributed by atoms with Gasteiger partial charge >= 0.3 is 6.18 Å². The topological polar surface area (TPSA) is 0 Å². The molecule has 4 heteroatoms. The van der Waals surface area contributed by atoms with E-state index < -0.39 is 11.7 Å². The lowest BCUT2D eigenvalue weighted by Crippen LogP contribution is -2.09. The van der Waals surface area contributed by atoms with Gasteiger partial charge < -0.3 is 0 Å². The number of halogens is 4. The van der Waals surface area contributed by atoms with Crippen LogP contribution in [0.5, 0.6) is 0 Å². The van der Waals surface area contributed by atoms with E-state index in [1.807, 2.05) is 0 Å². The predicted molar refractivity (Wildman–Crippen MR) is 51.3 cm³/mol. The fourth-order valence-electron chi connectivity index (χ4n) is 1.17. The Hall–Kier alpha value is -0.700. The van der Waals surface area contributed by atoms with E-state index in [-0.39, 0.29) is 0 Å². The second kappa shape index (κ2) is 4.69. The molecule has 0 spiro atoms. The molecular weight excluding hydrogens is 213 g/mol. The van der Waals surface area contributed by atoms with Crippen LogP contribution in [-0.2, 0) is 0 Å². The van der Waals surface area contributed by atoms with E-state index in [9.17, 15) is 13.2 Å². The van der Waals surface area contributed by atoms with E-state index in [1.54, 1.807) is 6.08 Å². The number of alkyl halides is 4. The molecule has 0 amide bonds. The molecular formula is C10H10ClF3. The quantitative estimate of drug-likeness (QED) is 0.620. The van der Waals surface area contributed by atoms with Crippen molar-refractivity contribution >= 4 is 11.6 Å². The van der Waals surface area contributed by atoms with Gasteiger partial charge in [-0.15, -0.1) is 11.6 Å². The van der Waals surface area contributed by atoms with Crippen molar-refractivity contribution in [2.24, 2.45) is 0 Å². The molecule has 78 valence electrons. The number of hydrogen-bond donors (Lipinski definition) is 0. The SMILES string of the molecule is FC(F)(F)C1=CCC=C(CCCl)C=C1. The van der Waals surface area contributed by atoms with Crippen molar-refractivity contribution in [2.45, 2.75) is 19.0 Å². The van der Waals surface area contributed by atoms with Crippen molar-refractivity contribution in [1.82, 2.24) is 0 Å². The maximum Gasteiger partial charge on any atom is 0.416 e. The molecule has 1 aliphatic carbocycles. The molecule has 0 atom stereocenters. The molecule has 0 heterocycles. The highest BCUT2D eigenvalue weighted by atomic mass is 35.5. The zero-order chi connectivity index (χ0) is 10.6. The summed E-state index contributed by atoms with van der Waals surface area (Å²) >= 11 is 5.50. The van der Waals surface area contributed by atoms with Gasteiger partial charge in [0.2, 0.25) is 0 Å². The summed E-state index contributed by atoms with van der Waals surface area (Å²) in [5, 5.41) is 0. The molecule has 1 aliphatic rings. The van der Waals surface area contributed by atoms with Crippen molar-refractivity contribution < 1.29 is 13.2 Å². The molecule has 1 rings (SSSR count). The molecule has 0 fully saturated rings. The Morgan fingerprint density at radius 3 is 2.50 bits per heavy atom. The van der Waals surface area contributed by atoms with Gasteiger partial charge in [-0.2, -0.15) is 13.2 Å². The molecule has 0 saturated heterocycles. The second-order valence-corrected chi connectivity index (χ2v) is 3.32. The van der Waals surface area contributed by atoms with Gasteiger partial charge in [-0.25, -0.2) is 0 Å². The lowest BCUT2D eigenvalue weighted by atomic mass is 10.1. The van der Waals surface area contributed by atoms with Gasteiger partial charge in [-0.05, 0) is 12.8 Å². The van der Waals surface area contributed by atoms with Crippen molar-refractivity contribution in [3.63, 3.8) is 0 Å². The van der Waals surface area contributed by atoms with E-state index in [1.165, 1.54) is 12.2 Å². The maximum atomic E-state index is 12.3. The third-order valence-corrected chi connectivity index (χ3v) is 2.09. The lowest BCUT2D eigenvalue weighted by Gasteiger charge is -2.05. The average Bonchev–Trinajstić information content (AvgIpc) is 2.29. The molecule has 0 aromatic heterocycles. The van der Waals surface area contributed by atoms with Gasteiger partial charge in [-0.3, -0.25) is 0 Å². The van der Waals surface area contributed by atoms with Crippen LogP contribution in [0.15, 0.2) is 35.5 Å². The van der Waals surface area contributed by atoms with Crippen LogP contribution in [0.25, 0.3) is 0 Å². The van der Waals surface area contributed by atoms with Gasteiger partial charge in [0, 0.05) is 5.88 Å². The summed E-state index contributed by atoms with van der Waals surface area (Å²) in [6.45, 7) is 0. The van der Waals surface area contributed by atoms with Crippen LogP contribution in [0.4, 0.5) is 13.2 Å². The van der Waals surface area contributed by atoms with Crippen LogP contribution < -0.4 is 0 Å². The summed E-state index contributed by atoms with van der Waals surface area (Å²) in [6.07, 6.45) is 2.20. The molecule has 0 aromatic carbocycles. The normalized spacial score (nSPS) is 17.4. The largest absolute Gasteiger partial charge is 0.416 e. The molecule has 0 N–H and O–H groups in total. The monoisotopic (exact) mass is 222 g/mol. The Kier molecular flexibility index (Phi) is 3.81. The molecule has 14 heavy (non-hydrogen) atoms. The van der Waals surface area contributed by atoms with Crippen LogP contribution in [-0.4, -0.2) is 12.1 Å². The summed E-state index contributed by atoms with van der Waals surface area (Å²) in [5.74, 6) is 0.428. The average molecular weight is 223 g/mol. The smallest absolute Gasteiger partial charge is 0.166 e. The molecule has 0 unspecified atom stereocenters. The third kappa shape index (κ3) is 3.22. The van der Waals surface area contributed by atoms with E-state index in [0.29, 0.717) is 18.7 Å². The van der Waals surface area contributed by atoms with Crippen LogP contribution in [0, 0.1) is 0 Å². The Balaban J connectivity index is 2.73. The van der Waals surface area contributed by atoms with Crippen molar-refractivity contribution in [2.75, 3.05) is 5.88 Å². The number of allylic oxidation sites excluding steroid dienone is 6. The van der Waals surface area contributed by atoms with Crippen LogP contribution in [0.3, 0.4) is 0 Å². The molecule has 0 aliphatic heterocycles. The minimum absolute atomic E-state index is 0.314. The van der Waals surface area contributed by atoms with Crippen LogP contribution in [0.2, 0.25) is 0 Å². The predicted octanol–water partition coefficient (Wildman–Crippen LogP) is 3.99. The lowest BCUT2D eigenvalue weighted by molar-refractivity contribution is -0.0883. The van der Waals surface area contributed by atoms with Crippen LogP contribution >= 0.6 is 11.6 Å². The first-order valence-electron chi connectivity index (χ1n) is 4.24.